The summed E-state index contributed by atoms with van der Waals surface area (Å²) in [4.78, 5) is 0. The Morgan fingerprint density at radius 3 is 1.08 bits per heavy atom. The van der Waals surface area contributed by atoms with Gasteiger partial charge in [0.05, 0.1) is 22.5 Å². The summed E-state index contributed by atoms with van der Waals surface area (Å²) >= 11 is 0. The van der Waals surface area contributed by atoms with Gasteiger partial charge in [0.1, 0.15) is 0 Å². The van der Waals surface area contributed by atoms with Crippen LogP contribution < -0.4 is 0 Å². The molecular weight excluding hydrogens is 584 g/mol. The van der Waals surface area contributed by atoms with E-state index in [0.29, 0.717) is 31.1 Å². The molecule has 16 heteroatoms. The van der Waals surface area contributed by atoms with E-state index in [0.717, 1.165) is 25.7 Å². The number of hydrogen-bond acceptors (Lipinski definition) is 8. The van der Waals surface area contributed by atoms with E-state index in [1.807, 2.05) is 20.8 Å². The van der Waals surface area contributed by atoms with Gasteiger partial charge < -0.3 is 0 Å². The lowest BCUT2D eigenvalue weighted by Gasteiger charge is -2.05. The second-order valence-corrected chi connectivity index (χ2v) is 16.0. The number of rotatable bonds is 14. The Balaban J connectivity index is -0.000000204. The van der Waals surface area contributed by atoms with E-state index in [2.05, 4.69) is 13.8 Å². The first-order valence-electron chi connectivity index (χ1n) is 12.7. The SMILES string of the molecule is CCC(C)CCCS(=O)(=O)O.CCC(C)CCS(=O)(=O)O.CCC(C)CS(=O)(=O)O.CCC(C)S(=O)(=O)O. The molecule has 12 nitrogen and oxygen atoms in total. The maximum Gasteiger partial charge on any atom is 0.267 e. The van der Waals surface area contributed by atoms with E-state index in [9.17, 15) is 33.7 Å². The molecular formula is C22H52O12S4. The summed E-state index contributed by atoms with van der Waals surface area (Å²) in [5, 5.41) is -0.623. The van der Waals surface area contributed by atoms with Crippen LogP contribution in [0.2, 0.25) is 0 Å². The zero-order valence-corrected chi connectivity index (χ0v) is 27.3. The molecule has 0 aromatic heterocycles. The van der Waals surface area contributed by atoms with E-state index in [1.165, 1.54) is 6.92 Å². The largest absolute Gasteiger partial charge is 0.286 e. The molecule has 4 unspecified atom stereocenters. The first kappa shape index (κ1) is 44.7. The Bertz CT molecular complexity index is 989. The minimum Gasteiger partial charge on any atom is -0.286 e. The fourth-order valence-corrected chi connectivity index (χ4v) is 4.67. The smallest absolute Gasteiger partial charge is 0.267 e. The summed E-state index contributed by atoms with van der Waals surface area (Å²) in [6.45, 7) is 14.9. The molecule has 0 fully saturated rings. The van der Waals surface area contributed by atoms with Crippen molar-refractivity contribution < 1.29 is 51.9 Å². The Hall–Kier alpha value is -0.360. The predicted octanol–water partition coefficient (Wildman–Crippen LogP) is 4.60. The fourth-order valence-electron chi connectivity index (χ4n) is 2.06. The molecule has 0 saturated heterocycles. The molecule has 0 aliphatic heterocycles. The normalized spacial score (nSPS) is 15.3. The highest BCUT2D eigenvalue weighted by atomic mass is 32.2. The summed E-state index contributed by atoms with van der Waals surface area (Å²) in [5.74, 6) is 0.654. The highest BCUT2D eigenvalue weighted by Gasteiger charge is 2.13. The first-order valence-corrected chi connectivity index (χ1v) is 19.0. The number of hydrogen-bond donors (Lipinski definition) is 4. The lowest BCUT2D eigenvalue weighted by Crippen LogP contribution is -2.14. The summed E-state index contributed by atoms with van der Waals surface area (Å²) in [5.41, 5.74) is 0. The summed E-state index contributed by atoms with van der Waals surface area (Å²) in [6, 6.07) is 0. The van der Waals surface area contributed by atoms with Crippen molar-refractivity contribution >= 4 is 40.5 Å². The summed E-state index contributed by atoms with van der Waals surface area (Å²) in [6.07, 6.45) is 5.24. The molecule has 0 bridgehead atoms. The maximum absolute atomic E-state index is 10.3. The molecule has 0 aliphatic rings. The molecule has 38 heavy (non-hydrogen) atoms. The van der Waals surface area contributed by atoms with Gasteiger partial charge in [0.25, 0.3) is 40.5 Å². The lowest BCUT2D eigenvalue weighted by molar-refractivity contribution is 0.465. The van der Waals surface area contributed by atoms with Gasteiger partial charge in [-0.05, 0) is 50.4 Å². The van der Waals surface area contributed by atoms with Gasteiger partial charge >= 0.3 is 0 Å². The maximum atomic E-state index is 10.3. The third-order valence-electron chi connectivity index (χ3n) is 5.64. The van der Waals surface area contributed by atoms with Crippen LogP contribution in [0.25, 0.3) is 0 Å². The third kappa shape index (κ3) is 42.7. The zero-order chi connectivity index (χ0) is 31.4. The van der Waals surface area contributed by atoms with Gasteiger partial charge in [-0.15, -0.1) is 0 Å². The van der Waals surface area contributed by atoms with Crippen molar-refractivity contribution in [1.82, 2.24) is 0 Å². The van der Waals surface area contributed by atoms with Crippen molar-refractivity contribution in [3.8, 4) is 0 Å². The van der Waals surface area contributed by atoms with Crippen LogP contribution in [0.1, 0.15) is 100 Å². The highest BCUT2D eigenvalue weighted by Crippen LogP contribution is 2.09. The Morgan fingerprint density at radius 1 is 0.500 bits per heavy atom. The summed E-state index contributed by atoms with van der Waals surface area (Å²) < 4.78 is 115. The van der Waals surface area contributed by atoms with Crippen molar-refractivity contribution in [2.75, 3.05) is 17.3 Å². The van der Waals surface area contributed by atoms with Crippen LogP contribution in [-0.2, 0) is 40.5 Å². The molecule has 4 N–H and O–H groups in total. The van der Waals surface area contributed by atoms with Gasteiger partial charge in [-0.25, -0.2) is 0 Å². The van der Waals surface area contributed by atoms with Gasteiger partial charge in [0.15, 0.2) is 0 Å². The van der Waals surface area contributed by atoms with Crippen molar-refractivity contribution in [3.63, 3.8) is 0 Å². The van der Waals surface area contributed by atoms with Crippen molar-refractivity contribution in [2.24, 2.45) is 17.8 Å². The first-order chi connectivity index (χ1) is 16.8. The minimum atomic E-state index is -3.75. The second kappa shape index (κ2) is 22.3. The molecule has 0 aromatic carbocycles. The highest BCUT2D eigenvalue weighted by molar-refractivity contribution is 7.86. The lowest BCUT2D eigenvalue weighted by atomic mass is 10.0. The molecule has 0 saturated carbocycles. The third-order valence-corrected chi connectivity index (χ3v) is 9.53. The van der Waals surface area contributed by atoms with E-state index in [1.54, 1.807) is 13.8 Å². The van der Waals surface area contributed by atoms with E-state index in [4.69, 9.17) is 18.2 Å². The van der Waals surface area contributed by atoms with E-state index in [-0.39, 0.29) is 23.2 Å². The van der Waals surface area contributed by atoms with Gasteiger partial charge in [0, 0.05) is 0 Å². The molecule has 0 aromatic rings. The predicted molar refractivity (Wildman–Crippen MR) is 153 cm³/mol. The van der Waals surface area contributed by atoms with E-state index < -0.39 is 45.7 Å². The Kier molecular flexibility index (Phi) is 26.3. The monoisotopic (exact) mass is 636 g/mol. The molecule has 4 atom stereocenters. The molecule has 236 valence electrons. The molecule has 0 radical (unpaired) electrons. The molecule has 0 amide bonds. The zero-order valence-electron chi connectivity index (χ0n) is 24.1. The summed E-state index contributed by atoms with van der Waals surface area (Å²) in [7, 11) is -14.9. The van der Waals surface area contributed by atoms with Crippen molar-refractivity contribution in [3.05, 3.63) is 0 Å². The average Bonchev–Trinajstić information content (AvgIpc) is 2.74. The van der Waals surface area contributed by atoms with Crippen LogP contribution in [0.5, 0.6) is 0 Å². The topological polar surface area (TPSA) is 217 Å². The van der Waals surface area contributed by atoms with Gasteiger partial charge in [0.2, 0.25) is 0 Å². The van der Waals surface area contributed by atoms with Crippen molar-refractivity contribution in [1.29, 1.82) is 0 Å². The Morgan fingerprint density at radius 2 is 0.868 bits per heavy atom. The Labute approximate surface area is 232 Å². The van der Waals surface area contributed by atoms with Crippen LogP contribution in [0, 0.1) is 17.8 Å². The van der Waals surface area contributed by atoms with Crippen LogP contribution in [-0.4, -0.2) is 74.4 Å². The van der Waals surface area contributed by atoms with Crippen LogP contribution in [0.3, 0.4) is 0 Å². The van der Waals surface area contributed by atoms with E-state index >= 15 is 0 Å². The van der Waals surface area contributed by atoms with Gasteiger partial charge in [-0.1, -0.05) is 67.7 Å². The van der Waals surface area contributed by atoms with Crippen LogP contribution in [0.15, 0.2) is 0 Å². The molecule has 0 heterocycles. The van der Waals surface area contributed by atoms with Crippen molar-refractivity contribution in [2.45, 2.75) is 106 Å². The molecule has 0 spiro atoms. The van der Waals surface area contributed by atoms with Gasteiger partial charge in [-0.3, -0.25) is 18.2 Å². The average molecular weight is 637 g/mol. The standard InChI is InChI=1S/C7H16O3S.C6H14O3S.C5H12O3S.C4H10O3S/c1-3-7(2)5-4-6-11(8,9)10;1-3-6(2)4-5-10(7,8)9;1-3-5(2)4-9(6,7)8;1-3-4(2)8(5,6)7/h7H,3-6H2,1-2H3,(H,8,9,10);6H,3-5H2,1-2H3,(H,7,8,9);5H,3-4H2,1-2H3,(H,6,7,8);4H,3H2,1-2H3,(H,5,6,7). The quantitative estimate of drug-likeness (QED) is 0.192. The van der Waals surface area contributed by atoms with Crippen LogP contribution in [0.4, 0.5) is 0 Å². The minimum absolute atomic E-state index is 0.0556. The van der Waals surface area contributed by atoms with Crippen LogP contribution >= 0.6 is 0 Å². The van der Waals surface area contributed by atoms with Gasteiger partial charge in [-0.2, -0.15) is 33.7 Å². The molecule has 0 rings (SSSR count). The molecule has 0 aliphatic carbocycles. The second-order valence-electron chi connectivity index (χ2n) is 9.53. The fraction of sp³-hybridized carbons (Fsp3) is 1.00.